The molecule has 0 aliphatic heterocycles. The second kappa shape index (κ2) is 12.5. The lowest BCUT2D eigenvalue weighted by Crippen LogP contribution is -2.56. The highest BCUT2D eigenvalue weighted by atomic mass is 16.6. The normalized spacial score (nSPS) is 13.0. The van der Waals surface area contributed by atoms with Gasteiger partial charge in [0.1, 0.15) is 23.4 Å². The molecule has 0 fully saturated rings. The fourth-order valence-electron chi connectivity index (χ4n) is 3.88. The third-order valence-corrected chi connectivity index (χ3v) is 5.89. The van der Waals surface area contributed by atoms with Crippen molar-refractivity contribution < 1.29 is 29.0 Å². The highest BCUT2D eigenvalue weighted by Gasteiger charge is 2.30. The van der Waals surface area contributed by atoms with Gasteiger partial charge in [0.25, 0.3) is 0 Å². The fraction of sp³-hybridized carbons (Fsp3) is 0.379. The molecule has 4 amide bonds. The van der Waals surface area contributed by atoms with Crippen LogP contribution in [0.15, 0.2) is 54.7 Å². The Morgan fingerprint density at radius 2 is 1.51 bits per heavy atom. The Kier molecular flexibility index (Phi) is 9.34. The standard InChI is InChI=1S/C29H36N4O6/c1-17(2)25(35)33-27(37)24(15-19-16-30-22-9-7-6-8-21(19)22)31-26(36)23(32-28(38)39-29(3,4)5)14-18-10-12-20(34)13-11-18/h6-13,16-17,23-24,30,34H,14-15H2,1-5H3,(H,31,36)(H,32,38)(H,33,35,37)/t23-,24+/m0/s1. The summed E-state index contributed by atoms with van der Waals surface area (Å²) in [6.07, 6.45) is 1.13. The molecule has 1 heterocycles. The van der Waals surface area contributed by atoms with Crippen LogP contribution in [-0.4, -0.2) is 51.6 Å². The molecule has 0 saturated carbocycles. The number of alkyl carbamates (subject to hydrolysis) is 1. The van der Waals surface area contributed by atoms with E-state index >= 15 is 0 Å². The summed E-state index contributed by atoms with van der Waals surface area (Å²) in [7, 11) is 0. The number of aromatic hydroxyl groups is 1. The fourth-order valence-corrected chi connectivity index (χ4v) is 3.88. The first-order valence-corrected chi connectivity index (χ1v) is 12.8. The Bertz CT molecular complexity index is 1320. The number of benzene rings is 2. The number of para-hydroxylation sites is 1. The van der Waals surface area contributed by atoms with E-state index in [0.717, 1.165) is 16.5 Å². The molecule has 1 aromatic heterocycles. The monoisotopic (exact) mass is 536 g/mol. The number of hydrogen-bond donors (Lipinski definition) is 5. The van der Waals surface area contributed by atoms with Gasteiger partial charge in [-0.1, -0.05) is 44.2 Å². The van der Waals surface area contributed by atoms with Gasteiger partial charge in [0.05, 0.1) is 0 Å². The molecule has 3 rings (SSSR count). The van der Waals surface area contributed by atoms with Gasteiger partial charge in [0, 0.05) is 35.9 Å². The number of phenols is 1. The summed E-state index contributed by atoms with van der Waals surface area (Å²) in [4.78, 5) is 54.7. The zero-order chi connectivity index (χ0) is 28.7. The molecule has 2 atom stereocenters. The summed E-state index contributed by atoms with van der Waals surface area (Å²) in [6.45, 7) is 8.43. The van der Waals surface area contributed by atoms with Crippen LogP contribution in [0.5, 0.6) is 5.75 Å². The van der Waals surface area contributed by atoms with Gasteiger partial charge in [-0.05, 0) is 50.1 Å². The van der Waals surface area contributed by atoms with Crippen molar-refractivity contribution in [2.24, 2.45) is 5.92 Å². The average Bonchev–Trinajstić information content (AvgIpc) is 3.26. The van der Waals surface area contributed by atoms with E-state index in [4.69, 9.17) is 4.74 Å². The molecule has 208 valence electrons. The van der Waals surface area contributed by atoms with Crippen molar-refractivity contribution in [3.63, 3.8) is 0 Å². The molecule has 10 nitrogen and oxygen atoms in total. The summed E-state index contributed by atoms with van der Waals surface area (Å²) < 4.78 is 5.34. The van der Waals surface area contributed by atoms with E-state index in [9.17, 15) is 24.3 Å². The zero-order valence-electron chi connectivity index (χ0n) is 22.8. The number of amides is 4. The summed E-state index contributed by atoms with van der Waals surface area (Å²) in [5.74, 6) is -2.13. The molecular formula is C29H36N4O6. The Morgan fingerprint density at radius 3 is 2.15 bits per heavy atom. The maximum Gasteiger partial charge on any atom is 0.408 e. The molecule has 0 radical (unpaired) electrons. The first-order valence-electron chi connectivity index (χ1n) is 12.8. The van der Waals surface area contributed by atoms with Gasteiger partial charge < -0.3 is 25.5 Å². The van der Waals surface area contributed by atoms with Gasteiger partial charge in [-0.3, -0.25) is 19.7 Å². The summed E-state index contributed by atoms with van der Waals surface area (Å²) >= 11 is 0. The minimum absolute atomic E-state index is 0.0603. The Hall–Kier alpha value is -4.34. The van der Waals surface area contributed by atoms with E-state index in [1.54, 1.807) is 52.9 Å². The molecule has 0 unspecified atom stereocenters. The van der Waals surface area contributed by atoms with E-state index < -0.39 is 47.4 Å². The predicted octanol–water partition coefficient (Wildman–Crippen LogP) is 3.34. The van der Waals surface area contributed by atoms with Crippen molar-refractivity contribution in [2.45, 2.75) is 65.1 Å². The van der Waals surface area contributed by atoms with Crippen LogP contribution in [-0.2, 0) is 32.0 Å². The molecule has 3 aromatic rings. The molecule has 5 N–H and O–H groups in total. The lowest BCUT2D eigenvalue weighted by molar-refractivity contribution is -0.135. The number of imide groups is 1. The number of hydrogen-bond acceptors (Lipinski definition) is 6. The number of rotatable bonds is 9. The van der Waals surface area contributed by atoms with Gasteiger partial charge in [-0.25, -0.2) is 4.79 Å². The van der Waals surface area contributed by atoms with Crippen LogP contribution in [0.2, 0.25) is 0 Å². The van der Waals surface area contributed by atoms with Crippen LogP contribution in [0.3, 0.4) is 0 Å². The maximum absolute atomic E-state index is 13.5. The summed E-state index contributed by atoms with van der Waals surface area (Å²) in [5, 5.41) is 18.2. The van der Waals surface area contributed by atoms with Gasteiger partial charge >= 0.3 is 6.09 Å². The van der Waals surface area contributed by atoms with Crippen LogP contribution in [0.1, 0.15) is 45.7 Å². The van der Waals surface area contributed by atoms with Crippen LogP contribution < -0.4 is 16.0 Å². The van der Waals surface area contributed by atoms with Gasteiger partial charge in [-0.2, -0.15) is 0 Å². The molecular weight excluding hydrogens is 500 g/mol. The molecule has 0 spiro atoms. The van der Waals surface area contributed by atoms with Crippen LogP contribution >= 0.6 is 0 Å². The smallest absolute Gasteiger partial charge is 0.408 e. The second-order valence-corrected chi connectivity index (χ2v) is 10.7. The SMILES string of the molecule is CC(C)C(=O)NC(=O)[C@@H](Cc1c[nH]c2ccccc12)NC(=O)[C@H](Cc1ccc(O)cc1)NC(=O)OC(C)(C)C. The Labute approximate surface area is 227 Å². The number of aromatic nitrogens is 1. The Balaban J connectivity index is 1.87. The number of phenolic OH excluding ortho intramolecular Hbond substituents is 1. The average molecular weight is 537 g/mol. The minimum Gasteiger partial charge on any atom is -0.508 e. The highest BCUT2D eigenvalue weighted by Crippen LogP contribution is 2.20. The van der Waals surface area contributed by atoms with Crippen molar-refractivity contribution in [3.8, 4) is 5.75 Å². The van der Waals surface area contributed by atoms with E-state index in [2.05, 4.69) is 20.9 Å². The molecule has 0 saturated heterocycles. The molecule has 10 heteroatoms. The number of ether oxygens (including phenoxy) is 1. The number of carbonyl (C=O) groups is 4. The van der Waals surface area contributed by atoms with Crippen molar-refractivity contribution in [3.05, 3.63) is 65.9 Å². The Morgan fingerprint density at radius 1 is 0.872 bits per heavy atom. The molecule has 0 aliphatic rings. The topological polar surface area (TPSA) is 150 Å². The van der Waals surface area contributed by atoms with Gasteiger partial charge in [0.2, 0.25) is 17.7 Å². The zero-order valence-corrected chi connectivity index (χ0v) is 22.8. The van der Waals surface area contributed by atoms with E-state index in [0.29, 0.717) is 5.56 Å². The predicted molar refractivity (Wildman–Crippen MR) is 147 cm³/mol. The quantitative estimate of drug-likeness (QED) is 0.283. The number of nitrogens with one attached hydrogen (secondary N) is 4. The third-order valence-electron chi connectivity index (χ3n) is 5.89. The number of H-pyrrole nitrogens is 1. The molecule has 2 aromatic carbocycles. The van der Waals surface area contributed by atoms with Crippen molar-refractivity contribution in [1.29, 1.82) is 0 Å². The van der Waals surface area contributed by atoms with Gasteiger partial charge in [-0.15, -0.1) is 0 Å². The largest absolute Gasteiger partial charge is 0.508 e. The van der Waals surface area contributed by atoms with Gasteiger partial charge in [0.15, 0.2) is 0 Å². The van der Waals surface area contributed by atoms with Crippen LogP contribution in [0, 0.1) is 5.92 Å². The highest BCUT2D eigenvalue weighted by molar-refractivity contribution is 6.01. The molecule has 0 aliphatic carbocycles. The van der Waals surface area contributed by atoms with E-state index in [-0.39, 0.29) is 18.6 Å². The summed E-state index contributed by atoms with van der Waals surface area (Å²) in [6, 6.07) is 11.5. The summed E-state index contributed by atoms with van der Waals surface area (Å²) in [5.41, 5.74) is 1.52. The first kappa shape index (κ1) is 29.2. The number of aromatic amines is 1. The number of fused-ring (bicyclic) bond motifs is 1. The first-order chi connectivity index (χ1) is 18.3. The lowest BCUT2D eigenvalue weighted by atomic mass is 10.0. The lowest BCUT2D eigenvalue weighted by Gasteiger charge is -2.25. The molecule has 0 bridgehead atoms. The molecule has 39 heavy (non-hydrogen) atoms. The van der Waals surface area contributed by atoms with Crippen LogP contribution in [0.25, 0.3) is 10.9 Å². The van der Waals surface area contributed by atoms with Crippen LogP contribution in [0.4, 0.5) is 4.79 Å². The number of carbonyl (C=O) groups excluding carboxylic acids is 4. The maximum atomic E-state index is 13.5. The van der Waals surface area contributed by atoms with Crippen molar-refractivity contribution >= 4 is 34.7 Å². The third kappa shape index (κ3) is 8.59. The van der Waals surface area contributed by atoms with Crippen molar-refractivity contribution in [1.82, 2.24) is 20.9 Å². The van der Waals surface area contributed by atoms with E-state index in [1.807, 2.05) is 24.3 Å². The van der Waals surface area contributed by atoms with E-state index in [1.165, 1.54) is 12.1 Å². The second-order valence-electron chi connectivity index (χ2n) is 10.7. The van der Waals surface area contributed by atoms with Crippen molar-refractivity contribution in [2.75, 3.05) is 0 Å². The minimum atomic E-state index is -1.11.